The molecule has 2 rings (SSSR count). The zero-order chi connectivity index (χ0) is 11.0. The Morgan fingerprint density at radius 3 is 2.40 bits per heavy atom. The quantitative estimate of drug-likeness (QED) is 0.460. The van der Waals surface area contributed by atoms with Gasteiger partial charge in [-0.15, -0.1) is 5.10 Å². The second kappa shape index (κ2) is 3.34. The SMILES string of the molecule is N=c1c(N)c(N)c(N2CCCC2)nn1O. The summed E-state index contributed by atoms with van der Waals surface area (Å²) in [5.74, 6) is 0.462. The molecule has 0 radical (unpaired) electrons. The van der Waals surface area contributed by atoms with Crippen molar-refractivity contribution in [1.82, 2.24) is 9.94 Å². The molecule has 1 fully saturated rings. The molecule has 7 heteroatoms. The normalized spacial score (nSPS) is 15.9. The Labute approximate surface area is 86.4 Å². The van der Waals surface area contributed by atoms with Gasteiger partial charge in [0.25, 0.3) is 0 Å². The topological polar surface area (TPSA) is 117 Å². The first-order valence-corrected chi connectivity index (χ1v) is 4.78. The van der Waals surface area contributed by atoms with Gasteiger partial charge in [0.1, 0.15) is 11.4 Å². The molecule has 6 N–H and O–H groups in total. The van der Waals surface area contributed by atoms with Crippen molar-refractivity contribution in [3.8, 4) is 0 Å². The van der Waals surface area contributed by atoms with Crippen LogP contribution in [0.25, 0.3) is 0 Å². The van der Waals surface area contributed by atoms with Gasteiger partial charge in [-0.05, 0) is 12.8 Å². The van der Waals surface area contributed by atoms with Crippen molar-refractivity contribution >= 4 is 17.2 Å². The molecule has 7 nitrogen and oxygen atoms in total. The molecule has 1 aromatic rings. The molecule has 0 atom stereocenters. The van der Waals surface area contributed by atoms with Gasteiger partial charge in [0.15, 0.2) is 5.82 Å². The molecule has 0 bridgehead atoms. The van der Waals surface area contributed by atoms with Crippen molar-refractivity contribution in [2.75, 3.05) is 29.5 Å². The molecule has 0 aromatic carbocycles. The minimum Gasteiger partial charge on any atom is -0.410 e. The zero-order valence-corrected chi connectivity index (χ0v) is 8.27. The van der Waals surface area contributed by atoms with Crippen molar-refractivity contribution in [3.05, 3.63) is 5.49 Å². The van der Waals surface area contributed by atoms with Crippen LogP contribution in [-0.4, -0.2) is 28.2 Å². The van der Waals surface area contributed by atoms with Gasteiger partial charge in [0.05, 0.1) is 0 Å². The fraction of sp³-hybridized carbons (Fsp3) is 0.500. The summed E-state index contributed by atoms with van der Waals surface area (Å²) in [5, 5.41) is 20.5. The number of aromatic nitrogens is 2. The van der Waals surface area contributed by atoms with Crippen LogP contribution in [-0.2, 0) is 0 Å². The average Bonchev–Trinajstić information content (AvgIpc) is 2.73. The summed E-state index contributed by atoms with van der Waals surface area (Å²) in [6.45, 7) is 1.71. The molecular formula is C8H14N6O. The van der Waals surface area contributed by atoms with Crippen LogP contribution in [0, 0.1) is 5.41 Å². The summed E-state index contributed by atoms with van der Waals surface area (Å²) in [5.41, 5.74) is 11.4. The molecule has 0 saturated carbocycles. The molecule has 1 aliphatic rings. The number of nitrogens with one attached hydrogen (secondary N) is 1. The van der Waals surface area contributed by atoms with Crippen LogP contribution in [0.1, 0.15) is 12.8 Å². The van der Waals surface area contributed by atoms with E-state index in [4.69, 9.17) is 16.9 Å². The fourth-order valence-electron chi connectivity index (χ4n) is 1.71. The van der Waals surface area contributed by atoms with E-state index >= 15 is 0 Å². The third-order valence-corrected chi connectivity index (χ3v) is 2.58. The predicted octanol–water partition coefficient (Wildman–Crippen LogP) is -0.636. The largest absolute Gasteiger partial charge is 0.410 e. The summed E-state index contributed by atoms with van der Waals surface area (Å²) < 4.78 is 0. The summed E-state index contributed by atoms with van der Waals surface area (Å²) in [7, 11) is 0. The predicted molar refractivity (Wildman–Crippen MR) is 55.5 cm³/mol. The van der Waals surface area contributed by atoms with Crippen LogP contribution in [0.4, 0.5) is 17.2 Å². The molecule has 0 aliphatic carbocycles. The number of anilines is 3. The van der Waals surface area contributed by atoms with Crippen LogP contribution < -0.4 is 21.9 Å². The van der Waals surface area contributed by atoms with Crippen LogP contribution in [0.15, 0.2) is 0 Å². The molecule has 1 aliphatic heterocycles. The summed E-state index contributed by atoms with van der Waals surface area (Å²) >= 11 is 0. The lowest BCUT2D eigenvalue weighted by atomic mass is 10.3. The molecule has 0 spiro atoms. The fourth-order valence-corrected chi connectivity index (χ4v) is 1.71. The minimum absolute atomic E-state index is 0.0643. The minimum atomic E-state index is -0.282. The van der Waals surface area contributed by atoms with E-state index in [1.54, 1.807) is 0 Å². The van der Waals surface area contributed by atoms with Gasteiger partial charge < -0.3 is 21.6 Å². The molecule has 15 heavy (non-hydrogen) atoms. The summed E-state index contributed by atoms with van der Waals surface area (Å²) in [4.78, 5) is 2.41. The first-order valence-electron chi connectivity index (χ1n) is 4.78. The lowest BCUT2D eigenvalue weighted by Gasteiger charge is -2.19. The van der Waals surface area contributed by atoms with Crippen LogP contribution in [0.2, 0.25) is 0 Å². The molecule has 1 saturated heterocycles. The van der Waals surface area contributed by atoms with Crippen molar-refractivity contribution in [2.45, 2.75) is 12.8 Å². The summed E-state index contributed by atoms with van der Waals surface area (Å²) in [6.07, 6.45) is 2.16. The average molecular weight is 210 g/mol. The van der Waals surface area contributed by atoms with Crippen LogP contribution in [0.3, 0.4) is 0 Å². The van der Waals surface area contributed by atoms with E-state index in [9.17, 15) is 5.21 Å². The van der Waals surface area contributed by atoms with Gasteiger partial charge in [-0.1, -0.05) is 4.85 Å². The monoisotopic (exact) mass is 210 g/mol. The Balaban J connectivity index is 2.52. The van der Waals surface area contributed by atoms with Crippen molar-refractivity contribution in [1.29, 1.82) is 5.41 Å². The highest BCUT2D eigenvalue weighted by Crippen LogP contribution is 2.25. The maximum atomic E-state index is 9.32. The number of hydrogen-bond donors (Lipinski definition) is 4. The highest BCUT2D eigenvalue weighted by molar-refractivity contribution is 5.75. The van der Waals surface area contributed by atoms with E-state index in [1.807, 2.05) is 4.90 Å². The molecule has 1 aromatic heterocycles. The Morgan fingerprint density at radius 2 is 1.80 bits per heavy atom. The van der Waals surface area contributed by atoms with E-state index in [0.717, 1.165) is 25.9 Å². The maximum Gasteiger partial charge on any atom is 0.207 e. The second-order valence-corrected chi connectivity index (χ2v) is 3.58. The Bertz CT molecular complexity index is 433. The third kappa shape index (κ3) is 1.45. The first kappa shape index (κ1) is 9.63. The standard InChI is InChI=1S/C8H14N6O/c9-5-6(10)8(12-14(15)7(5)11)13-3-1-2-4-13/h11,15H,1-4,9-10H2. The third-order valence-electron chi connectivity index (χ3n) is 2.58. The van der Waals surface area contributed by atoms with Crippen LogP contribution in [0.5, 0.6) is 0 Å². The molecule has 2 heterocycles. The Morgan fingerprint density at radius 1 is 1.20 bits per heavy atom. The molecule has 0 unspecified atom stereocenters. The van der Waals surface area contributed by atoms with Crippen molar-refractivity contribution in [3.63, 3.8) is 0 Å². The van der Waals surface area contributed by atoms with E-state index < -0.39 is 0 Å². The lowest BCUT2D eigenvalue weighted by Crippen LogP contribution is -2.30. The Kier molecular flexibility index (Phi) is 2.14. The number of hydrogen-bond acceptors (Lipinski definition) is 6. The number of rotatable bonds is 1. The van der Waals surface area contributed by atoms with E-state index in [0.29, 0.717) is 10.7 Å². The van der Waals surface area contributed by atoms with E-state index in [-0.39, 0.29) is 16.9 Å². The van der Waals surface area contributed by atoms with Gasteiger partial charge in [-0.2, -0.15) is 0 Å². The van der Waals surface area contributed by atoms with Gasteiger partial charge >= 0.3 is 0 Å². The van der Waals surface area contributed by atoms with Gasteiger partial charge in [0, 0.05) is 13.1 Å². The zero-order valence-electron chi connectivity index (χ0n) is 8.27. The Hall–Kier alpha value is -1.92. The number of nitrogens with two attached hydrogens (primary N) is 2. The van der Waals surface area contributed by atoms with Crippen LogP contribution >= 0.6 is 0 Å². The van der Waals surface area contributed by atoms with Crippen molar-refractivity contribution in [2.24, 2.45) is 0 Å². The van der Waals surface area contributed by atoms with Gasteiger partial charge in [0.2, 0.25) is 5.49 Å². The second-order valence-electron chi connectivity index (χ2n) is 3.58. The highest BCUT2D eigenvalue weighted by Gasteiger charge is 2.19. The smallest absolute Gasteiger partial charge is 0.207 e. The highest BCUT2D eigenvalue weighted by atomic mass is 16.5. The van der Waals surface area contributed by atoms with Gasteiger partial charge in [-0.25, -0.2) is 0 Å². The molecule has 0 amide bonds. The lowest BCUT2D eigenvalue weighted by molar-refractivity contribution is 0.131. The van der Waals surface area contributed by atoms with Crippen molar-refractivity contribution < 1.29 is 5.21 Å². The summed E-state index contributed by atoms with van der Waals surface area (Å²) in [6, 6.07) is 0. The number of nitrogen functional groups attached to an aromatic ring is 2. The molecular weight excluding hydrogens is 196 g/mol. The van der Waals surface area contributed by atoms with E-state index in [1.165, 1.54) is 0 Å². The van der Waals surface area contributed by atoms with E-state index in [2.05, 4.69) is 5.10 Å². The maximum absolute atomic E-state index is 9.32. The first-order chi connectivity index (χ1) is 7.11. The van der Waals surface area contributed by atoms with Gasteiger partial charge in [-0.3, -0.25) is 5.41 Å². The number of nitrogens with zero attached hydrogens (tertiary/aromatic N) is 3. The molecule has 82 valence electrons.